The molecule has 1 amide bonds. The molecule has 0 unspecified atom stereocenters. The number of ether oxygens (including phenoxy) is 3. The van der Waals surface area contributed by atoms with Gasteiger partial charge in [0.15, 0.2) is 5.82 Å². The molecule has 3 heterocycles. The predicted molar refractivity (Wildman–Crippen MR) is 120 cm³/mol. The highest BCUT2D eigenvalue weighted by Crippen LogP contribution is 2.37. The zero-order valence-electron chi connectivity index (χ0n) is 18.9. The lowest BCUT2D eigenvalue weighted by Crippen LogP contribution is -2.26. The van der Waals surface area contributed by atoms with E-state index in [0.717, 1.165) is 12.8 Å². The quantitative estimate of drug-likeness (QED) is 0.389. The fourth-order valence-electron chi connectivity index (χ4n) is 3.65. The van der Waals surface area contributed by atoms with Crippen LogP contribution in [0.15, 0.2) is 43.0 Å². The number of aromatic nitrogens is 5. The van der Waals surface area contributed by atoms with Gasteiger partial charge in [0, 0.05) is 30.9 Å². The molecule has 0 spiro atoms. The van der Waals surface area contributed by atoms with Gasteiger partial charge >= 0.3 is 6.61 Å². The van der Waals surface area contributed by atoms with Gasteiger partial charge in [-0.2, -0.15) is 8.78 Å². The van der Waals surface area contributed by atoms with Gasteiger partial charge in [0.1, 0.15) is 41.4 Å². The number of imidazole rings is 1. The smallest absolute Gasteiger partial charge is 0.387 e. The molecule has 0 atom stereocenters. The SMILES string of the molecule is COc1cc(-c2cnc3cc(OCc4nncn4C)ccn23)cc(OC(F)F)c1C(=O)NC1CC1. The van der Waals surface area contributed by atoms with E-state index in [0.29, 0.717) is 28.5 Å². The molecule has 0 bridgehead atoms. The molecule has 1 N–H and O–H groups in total. The molecule has 1 aliphatic carbocycles. The van der Waals surface area contributed by atoms with E-state index >= 15 is 0 Å². The molecule has 182 valence electrons. The van der Waals surface area contributed by atoms with E-state index in [1.54, 1.807) is 45.9 Å². The van der Waals surface area contributed by atoms with Gasteiger partial charge in [0.2, 0.25) is 0 Å². The van der Waals surface area contributed by atoms with Crippen LogP contribution in [0.3, 0.4) is 0 Å². The van der Waals surface area contributed by atoms with Crippen LogP contribution in [0.2, 0.25) is 0 Å². The Morgan fingerprint density at radius 1 is 1.26 bits per heavy atom. The number of carbonyl (C=O) groups is 1. The van der Waals surface area contributed by atoms with Crippen molar-refractivity contribution in [2.24, 2.45) is 7.05 Å². The maximum absolute atomic E-state index is 13.2. The largest absolute Gasteiger partial charge is 0.496 e. The monoisotopic (exact) mass is 484 g/mol. The van der Waals surface area contributed by atoms with E-state index in [2.05, 4.69) is 20.5 Å². The number of hydrogen-bond donors (Lipinski definition) is 1. The number of rotatable bonds is 9. The van der Waals surface area contributed by atoms with Crippen molar-refractivity contribution in [2.75, 3.05) is 7.11 Å². The summed E-state index contributed by atoms with van der Waals surface area (Å²) in [5.41, 5.74) is 1.57. The number of alkyl halides is 2. The minimum absolute atomic E-state index is 0.0372. The molecule has 1 aliphatic rings. The van der Waals surface area contributed by atoms with E-state index < -0.39 is 12.5 Å². The third-order valence-corrected chi connectivity index (χ3v) is 5.60. The van der Waals surface area contributed by atoms with Gasteiger partial charge in [-0.1, -0.05) is 0 Å². The van der Waals surface area contributed by atoms with Crippen molar-refractivity contribution < 1.29 is 27.8 Å². The first-order chi connectivity index (χ1) is 16.9. The Morgan fingerprint density at radius 3 is 2.74 bits per heavy atom. The summed E-state index contributed by atoms with van der Waals surface area (Å²) in [6.07, 6.45) is 6.63. The van der Waals surface area contributed by atoms with Crippen molar-refractivity contribution >= 4 is 11.6 Å². The summed E-state index contributed by atoms with van der Waals surface area (Å²) in [5.74, 6) is 0.567. The normalized spacial score (nSPS) is 13.3. The van der Waals surface area contributed by atoms with Crippen LogP contribution >= 0.6 is 0 Å². The van der Waals surface area contributed by atoms with E-state index in [9.17, 15) is 13.6 Å². The molecule has 35 heavy (non-hydrogen) atoms. The van der Waals surface area contributed by atoms with E-state index in [-0.39, 0.29) is 29.7 Å². The zero-order valence-corrected chi connectivity index (χ0v) is 18.9. The second-order valence-corrected chi connectivity index (χ2v) is 8.06. The maximum Gasteiger partial charge on any atom is 0.387 e. The Bertz CT molecular complexity index is 1380. The summed E-state index contributed by atoms with van der Waals surface area (Å²) in [6, 6.07) is 6.51. The van der Waals surface area contributed by atoms with Crippen molar-refractivity contribution in [1.82, 2.24) is 29.5 Å². The number of methoxy groups -OCH3 is 1. The average Bonchev–Trinajstić information content (AvgIpc) is 3.39. The number of nitrogens with zero attached hydrogens (tertiary/aromatic N) is 5. The van der Waals surface area contributed by atoms with Crippen molar-refractivity contribution in [2.45, 2.75) is 32.1 Å². The minimum Gasteiger partial charge on any atom is -0.496 e. The number of halogens is 2. The standard InChI is InChI=1S/C23H22F2N6O4/c1-30-12-27-29-20(30)11-34-15-5-6-31-16(10-26-19(31)9-15)13-7-17(33-2)21(18(8-13)35-23(24)25)22(32)28-14-3-4-14/h5-10,12,14,23H,3-4,11H2,1-2H3,(H,28,32). The summed E-state index contributed by atoms with van der Waals surface area (Å²) < 4.78 is 45.8. The molecular formula is C23H22F2N6O4. The molecule has 4 aromatic rings. The molecule has 5 rings (SSSR count). The summed E-state index contributed by atoms with van der Waals surface area (Å²) >= 11 is 0. The first kappa shape index (κ1) is 22.6. The molecule has 1 fully saturated rings. The molecule has 0 aliphatic heterocycles. The first-order valence-corrected chi connectivity index (χ1v) is 10.8. The van der Waals surface area contributed by atoms with E-state index in [1.807, 2.05) is 7.05 Å². The number of pyridine rings is 1. The topological polar surface area (TPSA) is 105 Å². The molecule has 12 heteroatoms. The lowest BCUT2D eigenvalue weighted by Gasteiger charge is -2.16. The number of fused-ring (bicyclic) bond motifs is 1. The summed E-state index contributed by atoms with van der Waals surface area (Å²) in [5, 5.41) is 10.6. The Hall–Kier alpha value is -4.22. The van der Waals surface area contributed by atoms with Crippen LogP contribution in [0.4, 0.5) is 8.78 Å². The molecule has 10 nitrogen and oxygen atoms in total. The van der Waals surface area contributed by atoms with Crippen LogP contribution in [0.25, 0.3) is 16.9 Å². The Morgan fingerprint density at radius 2 is 2.06 bits per heavy atom. The van der Waals surface area contributed by atoms with Gasteiger partial charge in [-0.3, -0.25) is 9.20 Å². The van der Waals surface area contributed by atoms with Crippen molar-refractivity contribution in [3.63, 3.8) is 0 Å². The number of carbonyl (C=O) groups excluding carboxylic acids is 1. The zero-order chi connectivity index (χ0) is 24.5. The van der Waals surface area contributed by atoms with Gasteiger partial charge < -0.3 is 24.1 Å². The van der Waals surface area contributed by atoms with Gasteiger partial charge in [0.05, 0.1) is 19.0 Å². The van der Waals surface area contributed by atoms with Gasteiger partial charge in [-0.05, 0) is 31.0 Å². The second kappa shape index (κ2) is 9.20. The Labute approximate surface area is 198 Å². The predicted octanol–water partition coefficient (Wildman–Crippen LogP) is 3.21. The van der Waals surface area contributed by atoms with Crippen LogP contribution in [0.5, 0.6) is 17.2 Å². The van der Waals surface area contributed by atoms with E-state index in [1.165, 1.54) is 13.2 Å². The van der Waals surface area contributed by atoms with Crippen LogP contribution in [0, 0.1) is 0 Å². The number of benzene rings is 1. The summed E-state index contributed by atoms with van der Waals surface area (Å²) in [7, 11) is 3.19. The second-order valence-electron chi connectivity index (χ2n) is 8.06. The van der Waals surface area contributed by atoms with Gasteiger partial charge in [-0.15, -0.1) is 10.2 Å². The highest BCUT2D eigenvalue weighted by molar-refractivity contribution is 6.01. The number of amides is 1. The molecule has 1 saturated carbocycles. The van der Waals surface area contributed by atoms with Crippen molar-refractivity contribution in [3.05, 3.63) is 54.4 Å². The highest BCUT2D eigenvalue weighted by Gasteiger charge is 2.29. The Balaban J connectivity index is 1.48. The molecule has 0 saturated heterocycles. The fraction of sp³-hybridized carbons (Fsp3) is 0.304. The molecule has 1 aromatic carbocycles. The van der Waals surface area contributed by atoms with Gasteiger partial charge in [-0.25, -0.2) is 4.98 Å². The first-order valence-electron chi connectivity index (χ1n) is 10.8. The number of aryl methyl sites for hydroxylation is 1. The third kappa shape index (κ3) is 4.72. The van der Waals surface area contributed by atoms with Crippen molar-refractivity contribution in [1.29, 1.82) is 0 Å². The Kier molecular flexibility index (Phi) is 5.93. The minimum atomic E-state index is -3.11. The van der Waals surface area contributed by atoms with Crippen LogP contribution in [0.1, 0.15) is 29.0 Å². The number of hydrogen-bond acceptors (Lipinski definition) is 7. The maximum atomic E-state index is 13.2. The van der Waals surface area contributed by atoms with E-state index in [4.69, 9.17) is 14.2 Å². The molecular weight excluding hydrogens is 462 g/mol. The van der Waals surface area contributed by atoms with Crippen LogP contribution < -0.4 is 19.5 Å². The summed E-state index contributed by atoms with van der Waals surface area (Å²) in [6.45, 7) is -2.88. The lowest BCUT2D eigenvalue weighted by atomic mass is 10.1. The lowest BCUT2D eigenvalue weighted by molar-refractivity contribution is -0.0502. The van der Waals surface area contributed by atoms with Crippen LogP contribution in [-0.2, 0) is 13.7 Å². The highest BCUT2D eigenvalue weighted by atomic mass is 19.3. The third-order valence-electron chi connectivity index (χ3n) is 5.60. The average molecular weight is 484 g/mol. The van der Waals surface area contributed by atoms with Crippen molar-refractivity contribution in [3.8, 4) is 28.5 Å². The molecule has 3 aromatic heterocycles. The summed E-state index contributed by atoms with van der Waals surface area (Å²) in [4.78, 5) is 17.1. The number of nitrogens with one attached hydrogen (secondary N) is 1. The fourth-order valence-corrected chi connectivity index (χ4v) is 3.65. The van der Waals surface area contributed by atoms with Crippen LogP contribution in [-0.4, -0.2) is 49.8 Å². The van der Waals surface area contributed by atoms with Gasteiger partial charge in [0.25, 0.3) is 5.91 Å². The molecule has 0 radical (unpaired) electrons.